The minimum Gasteiger partial charge on any atom is -0.493 e. The third-order valence-electron chi connectivity index (χ3n) is 3.89. The first-order chi connectivity index (χ1) is 10.1. The van der Waals surface area contributed by atoms with Crippen LogP contribution in [0.5, 0.6) is 5.75 Å². The minimum absolute atomic E-state index is 0.106. The molecular formula is C18H20BrNO. The fraction of sp³-hybridized carbons (Fsp3) is 0.333. The molecular weight excluding hydrogens is 326 g/mol. The molecule has 0 radical (unpaired) electrons. The highest BCUT2D eigenvalue weighted by molar-refractivity contribution is 9.10. The average Bonchev–Trinajstić information content (AvgIpc) is 2.86. The molecule has 1 aliphatic heterocycles. The van der Waals surface area contributed by atoms with E-state index in [2.05, 4.69) is 59.3 Å². The van der Waals surface area contributed by atoms with Crippen molar-refractivity contribution in [1.82, 2.24) is 0 Å². The van der Waals surface area contributed by atoms with Crippen LogP contribution in [0.3, 0.4) is 0 Å². The Morgan fingerprint density at radius 3 is 2.90 bits per heavy atom. The van der Waals surface area contributed by atoms with E-state index in [0.717, 1.165) is 36.1 Å². The normalized spacial score (nSPS) is 14.6. The number of hydrogen-bond acceptors (Lipinski definition) is 2. The van der Waals surface area contributed by atoms with Crippen LogP contribution in [0.15, 0.2) is 40.9 Å². The van der Waals surface area contributed by atoms with E-state index in [0.29, 0.717) is 0 Å². The molecule has 2 nitrogen and oxygen atoms in total. The Kier molecular flexibility index (Phi) is 4.32. The minimum atomic E-state index is 0.106. The van der Waals surface area contributed by atoms with Crippen LogP contribution in [0.2, 0.25) is 0 Å². The first kappa shape index (κ1) is 14.6. The molecule has 0 spiro atoms. The Bertz CT molecular complexity index is 654. The molecule has 21 heavy (non-hydrogen) atoms. The highest BCUT2D eigenvalue weighted by Crippen LogP contribution is 2.33. The molecule has 0 amide bonds. The predicted octanol–water partition coefficient (Wildman–Crippen LogP) is 3.80. The highest BCUT2D eigenvalue weighted by Gasteiger charge is 2.19. The van der Waals surface area contributed by atoms with E-state index < -0.39 is 0 Å². The van der Waals surface area contributed by atoms with Gasteiger partial charge in [-0.2, -0.15) is 0 Å². The summed E-state index contributed by atoms with van der Waals surface area (Å²) in [5, 5.41) is 0. The maximum Gasteiger partial charge on any atom is 0.125 e. The molecule has 0 saturated heterocycles. The SMILES string of the molecule is Cc1cccc(CC(N)Cc2cc(Br)cc3c2OCC3)c1. The van der Waals surface area contributed by atoms with Crippen molar-refractivity contribution in [2.24, 2.45) is 5.73 Å². The Morgan fingerprint density at radius 1 is 1.24 bits per heavy atom. The van der Waals surface area contributed by atoms with Crippen LogP contribution in [0.25, 0.3) is 0 Å². The molecule has 0 aromatic heterocycles. The van der Waals surface area contributed by atoms with Gasteiger partial charge in [0.05, 0.1) is 6.61 Å². The summed E-state index contributed by atoms with van der Waals surface area (Å²) in [6.07, 6.45) is 2.73. The maximum absolute atomic E-state index is 6.36. The molecule has 1 unspecified atom stereocenters. The van der Waals surface area contributed by atoms with Crippen molar-refractivity contribution in [2.75, 3.05) is 6.61 Å². The molecule has 2 aromatic carbocycles. The summed E-state index contributed by atoms with van der Waals surface area (Å²) in [5.74, 6) is 1.05. The molecule has 1 heterocycles. The van der Waals surface area contributed by atoms with Gasteiger partial charge < -0.3 is 10.5 Å². The van der Waals surface area contributed by atoms with Crippen molar-refractivity contribution in [3.63, 3.8) is 0 Å². The Balaban J connectivity index is 1.75. The number of aryl methyl sites for hydroxylation is 1. The number of fused-ring (bicyclic) bond motifs is 1. The fourth-order valence-corrected chi connectivity index (χ4v) is 3.55. The lowest BCUT2D eigenvalue weighted by atomic mass is 9.97. The van der Waals surface area contributed by atoms with E-state index in [-0.39, 0.29) is 6.04 Å². The third-order valence-corrected chi connectivity index (χ3v) is 4.35. The molecule has 0 aliphatic carbocycles. The maximum atomic E-state index is 6.36. The lowest BCUT2D eigenvalue weighted by Gasteiger charge is -2.15. The molecule has 1 atom stereocenters. The standard InChI is InChI=1S/C18H20BrNO/c1-12-3-2-4-13(7-12)8-17(20)11-15-10-16(19)9-14-5-6-21-18(14)15/h2-4,7,9-10,17H,5-6,8,11,20H2,1H3. The van der Waals surface area contributed by atoms with Gasteiger partial charge in [-0.1, -0.05) is 45.8 Å². The molecule has 0 fully saturated rings. The molecule has 3 rings (SSSR count). The van der Waals surface area contributed by atoms with Gasteiger partial charge in [0.2, 0.25) is 0 Å². The van der Waals surface area contributed by atoms with Crippen LogP contribution in [-0.2, 0) is 19.3 Å². The first-order valence-electron chi connectivity index (χ1n) is 7.37. The highest BCUT2D eigenvalue weighted by atomic mass is 79.9. The number of nitrogens with two attached hydrogens (primary N) is 1. The zero-order valence-electron chi connectivity index (χ0n) is 12.2. The van der Waals surface area contributed by atoms with Crippen molar-refractivity contribution in [1.29, 1.82) is 0 Å². The van der Waals surface area contributed by atoms with E-state index in [1.54, 1.807) is 0 Å². The van der Waals surface area contributed by atoms with Crippen molar-refractivity contribution >= 4 is 15.9 Å². The lowest BCUT2D eigenvalue weighted by Crippen LogP contribution is -2.25. The van der Waals surface area contributed by atoms with Gasteiger partial charge in [0.15, 0.2) is 0 Å². The second-order valence-corrected chi connectivity index (χ2v) is 6.72. The van der Waals surface area contributed by atoms with E-state index in [9.17, 15) is 0 Å². The number of hydrogen-bond donors (Lipinski definition) is 1. The van der Waals surface area contributed by atoms with E-state index in [1.807, 2.05) is 0 Å². The van der Waals surface area contributed by atoms with Gasteiger partial charge in [-0.25, -0.2) is 0 Å². The monoisotopic (exact) mass is 345 g/mol. The van der Waals surface area contributed by atoms with Gasteiger partial charge in [-0.15, -0.1) is 0 Å². The van der Waals surface area contributed by atoms with Crippen molar-refractivity contribution in [3.05, 3.63) is 63.1 Å². The lowest BCUT2D eigenvalue weighted by molar-refractivity contribution is 0.352. The molecule has 2 aromatic rings. The average molecular weight is 346 g/mol. The Morgan fingerprint density at radius 2 is 2.10 bits per heavy atom. The summed E-state index contributed by atoms with van der Waals surface area (Å²) in [7, 11) is 0. The molecule has 0 bridgehead atoms. The van der Waals surface area contributed by atoms with Gasteiger partial charge in [-0.3, -0.25) is 0 Å². The number of benzene rings is 2. The van der Waals surface area contributed by atoms with Crippen LogP contribution in [0.1, 0.15) is 22.3 Å². The van der Waals surface area contributed by atoms with Gasteiger partial charge in [0, 0.05) is 16.9 Å². The molecule has 2 N–H and O–H groups in total. The van der Waals surface area contributed by atoms with Crippen LogP contribution >= 0.6 is 15.9 Å². The topological polar surface area (TPSA) is 35.2 Å². The number of ether oxygens (including phenoxy) is 1. The van der Waals surface area contributed by atoms with Crippen LogP contribution in [-0.4, -0.2) is 12.6 Å². The van der Waals surface area contributed by atoms with E-state index in [1.165, 1.54) is 22.3 Å². The number of halogens is 1. The van der Waals surface area contributed by atoms with E-state index >= 15 is 0 Å². The molecule has 3 heteroatoms. The third kappa shape index (κ3) is 3.47. The summed E-state index contributed by atoms with van der Waals surface area (Å²) in [5.41, 5.74) is 11.5. The fourth-order valence-electron chi connectivity index (χ4n) is 2.99. The van der Waals surface area contributed by atoms with Crippen LogP contribution in [0.4, 0.5) is 0 Å². The van der Waals surface area contributed by atoms with Crippen LogP contribution in [0, 0.1) is 6.92 Å². The number of rotatable bonds is 4. The van der Waals surface area contributed by atoms with Crippen molar-refractivity contribution in [3.8, 4) is 5.75 Å². The summed E-state index contributed by atoms with van der Waals surface area (Å²) in [4.78, 5) is 0. The Labute approximate surface area is 134 Å². The first-order valence-corrected chi connectivity index (χ1v) is 8.16. The van der Waals surface area contributed by atoms with Crippen molar-refractivity contribution in [2.45, 2.75) is 32.2 Å². The quantitative estimate of drug-likeness (QED) is 0.914. The molecule has 1 aliphatic rings. The summed E-state index contributed by atoms with van der Waals surface area (Å²) in [6, 6.07) is 13.0. The van der Waals surface area contributed by atoms with Gasteiger partial charge in [0.25, 0.3) is 0 Å². The van der Waals surface area contributed by atoms with Gasteiger partial charge >= 0.3 is 0 Å². The van der Waals surface area contributed by atoms with Crippen molar-refractivity contribution < 1.29 is 4.74 Å². The zero-order valence-corrected chi connectivity index (χ0v) is 13.8. The smallest absolute Gasteiger partial charge is 0.125 e. The Hall–Kier alpha value is -1.32. The van der Waals surface area contributed by atoms with E-state index in [4.69, 9.17) is 10.5 Å². The van der Waals surface area contributed by atoms with Gasteiger partial charge in [-0.05, 0) is 48.6 Å². The second-order valence-electron chi connectivity index (χ2n) is 5.81. The summed E-state index contributed by atoms with van der Waals surface area (Å²) < 4.78 is 6.89. The largest absolute Gasteiger partial charge is 0.493 e. The molecule has 0 saturated carbocycles. The van der Waals surface area contributed by atoms with Crippen LogP contribution < -0.4 is 10.5 Å². The zero-order chi connectivity index (χ0) is 14.8. The second kappa shape index (κ2) is 6.20. The summed E-state index contributed by atoms with van der Waals surface area (Å²) in [6.45, 7) is 2.90. The summed E-state index contributed by atoms with van der Waals surface area (Å²) >= 11 is 3.59. The molecule has 110 valence electrons. The van der Waals surface area contributed by atoms with Gasteiger partial charge in [0.1, 0.15) is 5.75 Å². The predicted molar refractivity (Wildman–Crippen MR) is 89.9 cm³/mol.